The maximum Gasteiger partial charge on any atom is 0.340 e. The number of carbonyl (C=O) groups is 2. The number of halogens is 1. The largest absolute Gasteiger partial charge is 0.452 e. The fourth-order valence-electron chi connectivity index (χ4n) is 1.59. The van der Waals surface area contributed by atoms with Gasteiger partial charge in [0.15, 0.2) is 6.61 Å². The number of nitriles is 1. The summed E-state index contributed by atoms with van der Waals surface area (Å²) in [7, 11) is -1.61. The molecule has 0 radical (unpaired) electrons. The Balaban J connectivity index is 2.88. The predicted octanol–water partition coefficient (Wildman–Crippen LogP) is 0.709. The molecule has 0 saturated carbocycles. The molecule has 1 amide bonds. The summed E-state index contributed by atoms with van der Waals surface area (Å²) in [6.45, 7) is -0.458. The minimum absolute atomic E-state index is 0.0334. The number of nitrogens with one attached hydrogen (secondary N) is 1. The summed E-state index contributed by atoms with van der Waals surface area (Å²) in [5.41, 5.74) is -0.211. The number of carbonyl (C=O) groups excluding carboxylic acids is 2. The molecule has 0 aliphatic rings. The molecule has 1 aromatic carbocycles. The lowest BCUT2D eigenvalue weighted by Gasteiger charge is -2.15. The van der Waals surface area contributed by atoms with Crippen molar-refractivity contribution in [3.63, 3.8) is 0 Å². The molecule has 25 heavy (non-hydrogen) atoms. The van der Waals surface area contributed by atoms with Gasteiger partial charge < -0.3 is 10.1 Å². The van der Waals surface area contributed by atoms with Gasteiger partial charge in [0, 0.05) is 13.6 Å². The van der Waals surface area contributed by atoms with E-state index < -0.39 is 28.5 Å². The molecule has 0 heterocycles. The zero-order valence-electron chi connectivity index (χ0n) is 13.5. The maximum absolute atomic E-state index is 12.2. The van der Waals surface area contributed by atoms with Gasteiger partial charge in [-0.1, -0.05) is 16.1 Å². The second-order valence-corrected chi connectivity index (χ2v) is 6.92. The topological polar surface area (TPSA) is 126 Å². The van der Waals surface area contributed by atoms with E-state index in [9.17, 15) is 18.0 Å². The van der Waals surface area contributed by atoms with Gasteiger partial charge in [0.25, 0.3) is 15.9 Å². The van der Waals surface area contributed by atoms with Gasteiger partial charge in [-0.3, -0.25) is 9.63 Å². The summed E-state index contributed by atoms with van der Waals surface area (Å²) < 4.78 is 29.8. The van der Waals surface area contributed by atoms with E-state index in [1.165, 1.54) is 26.3 Å². The van der Waals surface area contributed by atoms with Crippen molar-refractivity contribution in [3.05, 3.63) is 28.8 Å². The third-order valence-electron chi connectivity index (χ3n) is 2.94. The number of hydrogen-bond donors (Lipinski definition) is 1. The summed E-state index contributed by atoms with van der Waals surface area (Å²) in [6.07, 6.45) is 0.123. The molecule has 0 spiro atoms. The number of rotatable bonds is 8. The average molecular weight is 390 g/mol. The van der Waals surface area contributed by atoms with Crippen LogP contribution in [-0.4, -0.2) is 52.1 Å². The molecule has 1 N–H and O–H groups in total. The first kappa shape index (κ1) is 20.9. The van der Waals surface area contributed by atoms with Crippen molar-refractivity contribution >= 4 is 33.5 Å². The van der Waals surface area contributed by atoms with Crippen molar-refractivity contribution < 1.29 is 27.6 Å². The number of nitrogens with zero attached hydrogens (tertiary/aromatic N) is 2. The van der Waals surface area contributed by atoms with Crippen LogP contribution in [0.15, 0.2) is 23.1 Å². The molecule has 0 aliphatic heterocycles. The first-order valence-corrected chi connectivity index (χ1v) is 8.69. The van der Waals surface area contributed by atoms with Gasteiger partial charge in [0.05, 0.1) is 35.1 Å². The Morgan fingerprint density at radius 1 is 1.40 bits per heavy atom. The minimum Gasteiger partial charge on any atom is -0.452 e. The van der Waals surface area contributed by atoms with Crippen molar-refractivity contribution in [1.29, 1.82) is 5.26 Å². The minimum atomic E-state index is -3.97. The van der Waals surface area contributed by atoms with Crippen LogP contribution in [0.4, 0.5) is 0 Å². The lowest BCUT2D eigenvalue weighted by molar-refractivity contribution is -0.124. The zero-order valence-corrected chi connectivity index (χ0v) is 15.1. The van der Waals surface area contributed by atoms with Crippen LogP contribution < -0.4 is 5.32 Å². The van der Waals surface area contributed by atoms with Gasteiger partial charge in [0.2, 0.25) is 0 Å². The molecule has 136 valence electrons. The SMILES string of the molecule is CON(C)S(=O)(=O)c1ccc(Cl)c(C(=O)OCC(=O)NCCC#N)c1. The molecule has 0 unspecified atom stereocenters. The smallest absolute Gasteiger partial charge is 0.340 e. The summed E-state index contributed by atoms with van der Waals surface area (Å²) in [5.74, 6) is -1.56. The van der Waals surface area contributed by atoms with E-state index in [4.69, 9.17) is 21.6 Å². The lowest BCUT2D eigenvalue weighted by Crippen LogP contribution is -2.29. The van der Waals surface area contributed by atoms with Crippen LogP contribution in [0, 0.1) is 11.3 Å². The lowest BCUT2D eigenvalue weighted by atomic mass is 10.2. The Kier molecular flexibility index (Phi) is 7.79. The summed E-state index contributed by atoms with van der Waals surface area (Å²) >= 11 is 5.90. The van der Waals surface area contributed by atoms with Crippen LogP contribution in [0.2, 0.25) is 5.02 Å². The highest BCUT2D eigenvalue weighted by atomic mass is 35.5. The molecule has 9 nitrogen and oxygen atoms in total. The number of hydroxylamine groups is 1. The fourth-order valence-corrected chi connectivity index (χ4v) is 2.78. The van der Waals surface area contributed by atoms with Crippen molar-refractivity contribution in [2.45, 2.75) is 11.3 Å². The van der Waals surface area contributed by atoms with Crippen LogP contribution in [0.25, 0.3) is 0 Å². The number of sulfonamides is 1. The monoisotopic (exact) mass is 389 g/mol. The highest BCUT2D eigenvalue weighted by Crippen LogP contribution is 2.23. The first-order valence-electron chi connectivity index (χ1n) is 6.87. The van der Waals surface area contributed by atoms with Gasteiger partial charge in [-0.25, -0.2) is 13.2 Å². The van der Waals surface area contributed by atoms with Gasteiger partial charge in [-0.15, -0.1) is 0 Å². The number of hydrogen-bond acceptors (Lipinski definition) is 7. The summed E-state index contributed by atoms with van der Waals surface area (Å²) in [4.78, 5) is 27.9. The van der Waals surface area contributed by atoms with E-state index in [0.29, 0.717) is 4.47 Å². The van der Waals surface area contributed by atoms with E-state index in [1.54, 1.807) is 0 Å². The van der Waals surface area contributed by atoms with E-state index in [2.05, 4.69) is 10.2 Å². The number of ether oxygens (including phenoxy) is 1. The second kappa shape index (κ2) is 9.33. The zero-order chi connectivity index (χ0) is 19.0. The van der Waals surface area contributed by atoms with Crippen LogP contribution in [-0.2, 0) is 24.4 Å². The normalized spacial score (nSPS) is 11.0. The third kappa shape index (κ3) is 5.68. The molecule has 0 aromatic heterocycles. The predicted molar refractivity (Wildman–Crippen MR) is 86.9 cm³/mol. The van der Waals surface area contributed by atoms with E-state index in [-0.39, 0.29) is 28.4 Å². The molecule has 0 aliphatic carbocycles. The number of amides is 1. The van der Waals surface area contributed by atoms with E-state index >= 15 is 0 Å². The third-order valence-corrected chi connectivity index (χ3v) is 4.95. The van der Waals surface area contributed by atoms with Crippen LogP contribution in [0.1, 0.15) is 16.8 Å². The van der Waals surface area contributed by atoms with Crippen molar-refractivity contribution in [1.82, 2.24) is 9.79 Å². The molecule has 0 saturated heterocycles. The number of esters is 1. The van der Waals surface area contributed by atoms with Crippen LogP contribution >= 0.6 is 11.6 Å². The van der Waals surface area contributed by atoms with Crippen molar-refractivity contribution in [2.75, 3.05) is 27.3 Å². The van der Waals surface area contributed by atoms with Gasteiger partial charge in [0.1, 0.15) is 0 Å². The first-order chi connectivity index (χ1) is 11.7. The molecule has 0 bridgehead atoms. The Morgan fingerprint density at radius 2 is 2.08 bits per heavy atom. The van der Waals surface area contributed by atoms with Crippen LogP contribution in [0.5, 0.6) is 0 Å². The Hall–Kier alpha value is -2.19. The molecule has 0 fully saturated rings. The highest BCUT2D eigenvalue weighted by molar-refractivity contribution is 7.89. The molecule has 1 aromatic rings. The Labute approximate surface area is 150 Å². The quantitative estimate of drug-likeness (QED) is 0.394. The Bertz CT molecular complexity index is 790. The summed E-state index contributed by atoms with van der Waals surface area (Å²) in [5, 5.41) is 10.7. The molecule has 0 atom stereocenters. The molecule has 1 rings (SSSR count). The average Bonchev–Trinajstić information content (AvgIpc) is 2.59. The Morgan fingerprint density at radius 3 is 2.68 bits per heavy atom. The maximum atomic E-state index is 12.2. The van der Waals surface area contributed by atoms with Crippen molar-refractivity contribution in [3.8, 4) is 6.07 Å². The van der Waals surface area contributed by atoms with Crippen molar-refractivity contribution in [2.24, 2.45) is 0 Å². The number of benzene rings is 1. The van der Waals surface area contributed by atoms with E-state index in [0.717, 1.165) is 6.07 Å². The van der Waals surface area contributed by atoms with Gasteiger partial charge in [-0.2, -0.15) is 5.26 Å². The fraction of sp³-hybridized carbons (Fsp3) is 0.357. The molecule has 11 heteroatoms. The van der Waals surface area contributed by atoms with Gasteiger partial charge in [-0.05, 0) is 18.2 Å². The standard InChI is InChI=1S/C14H16ClN3O6S/c1-18(23-2)25(21,22)10-4-5-12(15)11(8-10)14(20)24-9-13(19)17-7-3-6-16/h4-5,8H,3,7,9H2,1-2H3,(H,17,19). The van der Waals surface area contributed by atoms with E-state index in [1.807, 2.05) is 6.07 Å². The molecular weight excluding hydrogens is 374 g/mol. The van der Waals surface area contributed by atoms with Crippen LogP contribution in [0.3, 0.4) is 0 Å². The van der Waals surface area contributed by atoms with Gasteiger partial charge >= 0.3 is 5.97 Å². The second-order valence-electron chi connectivity index (χ2n) is 4.57. The summed E-state index contributed by atoms with van der Waals surface area (Å²) in [6, 6.07) is 5.31. The highest BCUT2D eigenvalue weighted by Gasteiger charge is 2.24. The molecular formula is C14H16ClN3O6S.